The lowest BCUT2D eigenvalue weighted by atomic mass is 10.1. The molecule has 0 bridgehead atoms. The van der Waals surface area contributed by atoms with Gasteiger partial charge >= 0.3 is 5.63 Å². The SMILES string of the molecule is O=c1ccc2c(F)cc3occc3c2o1. The van der Waals surface area contributed by atoms with Crippen molar-refractivity contribution in [3.8, 4) is 0 Å². The molecular weight excluding hydrogens is 199 g/mol. The van der Waals surface area contributed by atoms with Crippen LogP contribution in [0.1, 0.15) is 0 Å². The quantitative estimate of drug-likeness (QED) is 0.529. The van der Waals surface area contributed by atoms with Gasteiger partial charge in [0.2, 0.25) is 0 Å². The Morgan fingerprint density at radius 1 is 1.13 bits per heavy atom. The van der Waals surface area contributed by atoms with Crippen LogP contribution in [0, 0.1) is 5.82 Å². The van der Waals surface area contributed by atoms with E-state index in [1.54, 1.807) is 6.07 Å². The lowest BCUT2D eigenvalue weighted by molar-refractivity contribution is 0.557. The van der Waals surface area contributed by atoms with Crippen LogP contribution in [0.3, 0.4) is 0 Å². The topological polar surface area (TPSA) is 43.4 Å². The zero-order valence-electron chi connectivity index (χ0n) is 7.49. The van der Waals surface area contributed by atoms with Gasteiger partial charge in [-0.1, -0.05) is 0 Å². The number of fused-ring (bicyclic) bond motifs is 3. The molecule has 0 aliphatic rings. The number of hydrogen-bond donors (Lipinski definition) is 0. The molecule has 3 aromatic rings. The van der Waals surface area contributed by atoms with E-state index in [9.17, 15) is 9.18 Å². The highest BCUT2D eigenvalue weighted by atomic mass is 19.1. The minimum atomic E-state index is -0.504. The summed E-state index contributed by atoms with van der Waals surface area (Å²) in [6.45, 7) is 0. The van der Waals surface area contributed by atoms with Crippen LogP contribution in [0.2, 0.25) is 0 Å². The Morgan fingerprint density at radius 3 is 2.87 bits per heavy atom. The minimum absolute atomic E-state index is 0.228. The average Bonchev–Trinajstić information content (AvgIpc) is 2.65. The summed E-state index contributed by atoms with van der Waals surface area (Å²) in [6.07, 6.45) is 1.43. The second-order valence-electron chi connectivity index (χ2n) is 3.19. The van der Waals surface area contributed by atoms with Crippen LogP contribution in [0.4, 0.5) is 4.39 Å². The number of rotatable bonds is 0. The molecular formula is C11H5FO3. The van der Waals surface area contributed by atoms with E-state index in [2.05, 4.69) is 0 Å². The zero-order chi connectivity index (χ0) is 10.4. The molecule has 0 N–H and O–H groups in total. The third-order valence-electron chi connectivity index (χ3n) is 2.29. The van der Waals surface area contributed by atoms with E-state index < -0.39 is 11.4 Å². The first kappa shape index (κ1) is 8.23. The molecule has 0 atom stereocenters. The summed E-state index contributed by atoms with van der Waals surface area (Å²) < 4.78 is 23.5. The van der Waals surface area contributed by atoms with Gasteiger partial charge in [-0.15, -0.1) is 0 Å². The van der Waals surface area contributed by atoms with Crippen LogP contribution in [-0.2, 0) is 0 Å². The number of halogens is 1. The van der Waals surface area contributed by atoms with Gasteiger partial charge in [0, 0.05) is 12.1 Å². The van der Waals surface area contributed by atoms with Crippen LogP contribution >= 0.6 is 0 Å². The van der Waals surface area contributed by atoms with E-state index in [-0.39, 0.29) is 11.0 Å². The maximum absolute atomic E-state index is 13.5. The summed E-state index contributed by atoms with van der Waals surface area (Å²) in [4.78, 5) is 11.0. The van der Waals surface area contributed by atoms with Crippen molar-refractivity contribution >= 4 is 21.9 Å². The first-order chi connectivity index (χ1) is 7.25. The molecule has 0 unspecified atom stereocenters. The maximum atomic E-state index is 13.5. The molecule has 3 rings (SSSR count). The molecule has 74 valence electrons. The normalized spacial score (nSPS) is 11.3. The molecule has 1 aromatic carbocycles. The third-order valence-corrected chi connectivity index (χ3v) is 2.29. The fourth-order valence-corrected chi connectivity index (χ4v) is 1.62. The third kappa shape index (κ3) is 1.08. The maximum Gasteiger partial charge on any atom is 0.336 e. The Labute approximate surface area is 82.7 Å². The molecule has 4 heteroatoms. The fraction of sp³-hybridized carbons (Fsp3) is 0. The highest BCUT2D eigenvalue weighted by Crippen LogP contribution is 2.27. The predicted octanol–water partition coefficient (Wildman–Crippen LogP) is 2.68. The molecule has 0 amide bonds. The fourth-order valence-electron chi connectivity index (χ4n) is 1.62. The summed E-state index contributed by atoms with van der Waals surface area (Å²) in [7, 11) is 0. The van der Waals surface area contributed by atoms with E-state index in [0.29, 0.717) is 11.0 Å². The van der Waals surface area contributed by atoms with Crippen molar-refractivity contribution in [3.05, 3.63) is 46.8 Å². The highest BCUT2D eigenvalue weighted by Gasteiger charge is 2.10. The number of hydrogen-bond acceptors (Lipinski definition) is 3. The molecule has 15 heavy (non-hydrogen) atoms. The largest absolute Gasteiger partial charge is 0.464 e. The van der Waals surface area contributed by atoms with Crippen LogP contribution < -0.4 is 5.63 Å². The molecule has 2 heterocycles. The van der Waals surface area contributed by atoms with Crippen LogP contribution in [0.5, 0.6) is 0 Å². The van der Waals surface area contributed by atoms with Crippen molar-refractivity contribution in [2.45, 2.75) is 0 Å². The lowest BCUT2D eigenvalue weighted by Gasteiger charge is -1.98. The van der Waals surface area contributed by atoms with Gasteiger partial charge in [0.15, 0.2) is 5.58 Å². The van der Waals surface area contributed by atoms with E-state index in [0.717, 1.165) is 0 Å². The molecule has 3 nitrogen and oxygen atoms in total. The Kier molecular flexibility index (Phi) is 1.48. The van der Waals surface area contributed by atoms with Crippen molar-refractivity contribution in [2.75, 3.05) is 0 Å². The lowest BCUT2D eigenvalue weighted by Crippen LogP contribution is -1.95. The molecule has 0 fully saturated rings. The summed E-state index contributed by atoms with van der Waals surface area (Å²) in [5.41, 5.74) is 0.0937. The molecule has 0 aliphatic carbocycles. The second-order valence-corrected chi connectivity index (χ2v) is 3.19. The number of furan rings is 1. The summed E-state index contributed by atoms with van der Waals surface area (Å²) in [5.74, 6) is -0.462. The van der Waals surface area contributed by atoms with Gasteiger partial charge in [-0.2, -0.15) is 0 Å². The van der Waals surface area contributed by atoms with Crippen molar-refractivity contribution in [1.29, 1.82) is 0 Å². The first-order valence-corrected chi connectivity index (χ1v) is 4.35. The minimum Gasteiger partial charge on any atom is -0.464 e. The van der Waals surface area contributed by atoms with Gasteiger partial charge in [-0.05, 0) is 12.1 Å². The van der Waals surface area contributed by atoms with Crippen LogP contribution in [-0.4, -0.2) is 0 Å². The Balaban J connectivity index is 2.69. The smallest absolute Gasteiger partial charge is 0.336 e. The standard InChI is InChI=1S/C11H5FO3/c12-8-5-9-7(3-4-14-9)11-6(8)1-2-10(13)15-11/h1-5H. The Morgan fingerprint density at radius 2 is 2.00 bits per heavy atom. The van der Waals surface area contributed by atoms with Gasteiger partial charge in [-0.25, -0.2) is 9.18 Å². The zero-order valence-corrected chi connectivity index (χ0v) is 7.49. The predicted molar refractivity (Wildman–Crippen MR) is 52.2 cm³/mol. The van der Waals surface area contributed by atoms with E-state index >= 15 is 0 Å². The molecule has 0 aliphatic heterocycles. The van der Waals surface area contributed by atoms with Gasteiger partial charge in [0.25, 0.3) is 0 Å². The van der Waals surface area contributed by atoms with Crippen LogP contribution in [0.15, 0.2) is 44.2 Å². The summed E-state index contributed by atoms with van der Waals surface area (Å²) >= 11 is 0. The van der Waals surface area contributed by atoms with E-state index in [4.69, 9.17) is 8.83 Å². The van der Waals surface area contributed by atoms with Crippen molar-refractivity contribution in [3.63, 3.8) is 0 Å². The Hall–Kier alpha value is -2.10. The van der Waals surface area contributed by atoms with Crippen molar-refractivity contribution < 1.29 is 13.2 Å². The summed E-state index contributed by atoms with van der Waals surface area (Å²) in [5, 5.41) is 0.882. The molecule has 0 radical (unpaired) electrons. The van der Waals surface area contributed by atoms with Gasteiger partial charge in [0.1, 0.15) is 11.4 Å². The molecule has 0 saturated heterocycles. The Bertz CT molecular complexity index is 708. The first-order valence-electron chi connectivity index (χ1n) is 4.35. The molecule has 0 saturated carbocycles. The molecule has 2 aromatic heterocycles. The second kappa shape index (κ2) is 2.70. The monoisotopic (exact) mass is 204 g/mol. The van der Waals surface area contributed by atoms with Gasteiger partial charge < -0.3 is 8.83 Å². The average molecular weight is 204 g/mol. The van der Waals surface area contributed by atoms with Crippen LogP contribution in [0.25, 0.3) is 21.9 Å². The molecule has 0 spiro atoms. The van der Waals surface area contributed by atoms with E-state index in [1.807, 2.05) is 0 Å². The van der Waals surface area contributed by atoms with Gasteiger partial charge in [0.05, 0.1) is 17.0 Å². The number of benzene rings is 1. The summed E-state index contributed by atoms with van der Waals surface area (Å²) in [6, 6.07) is 5.51. The van der Waals surface area contributed by atoms with Crippen molar-refractivity contribution in [2.24, 2.45) is 0 Å². The highest BCUT2D eigenvalue weighted by molar-refractivity contribution is 6.01. The van der Waals surface area contributed by atoms with Crippen molar-refractivity contribution in [1.82, 2.24) is 0 Å². The van der Waals surface area contributed by atoms with Gasteiger partial charge in [-0.3, -0.25) is 0 Å². The van der Waals surface area contributed by atoms with E-state index in [1.165, 1.54) is 24.5 Å².